The lowest BCUT2D eigenvalue weighted by atomic mass is 9.95. The van der Waals surface area contributed by atoms with Crippen molar-refractivity contribution >= 4 is 16.8 Å². The second-order valence-electron chi connectivity index (χ2n) is 6.92. The summed E-state index contributed by atoms with van der Waals surface area (Å²) in [6.45, 7) is 6.12. The van der Waals surface area contributed by atoms with Crippen molar-refractivity contribution in [2.75, 3.05) is 32.2 Å². The van der Waals surface area contributed by atoms with Gasteiger partial charge in [0.25, 0.3) is 0 Å². The van der Waals surface area contributed by atoms with Crippen LogP contribution in [0.1, 0.15) is 39.5 Å². The zero-order valence-electron chi connectivity index (χ0n) is 16.7. The number of rotatable bonds is 8. The molecule has 0 amide bonds. The predicted octanol–water partition coefficient (Wildman–Crippen LogP) is 2.43. The van der Waals surface area contributed by atoms with Gasteiger partial charge in [0.05, 0.1) is 6.54 Å². The van der Waals surface area contributed by atoms with Crippen molar-refractivity contribution in [3.05, 3.63) is 18.2 Å². The first-order valence-corrected chi connectivity index (χ1v) is 11.5. The molecule has 1 aromatic rings. The Morgan fingerprint density at radius 1 is 1.29 bits per heavy atom. The molecule has 1 aliphatic carbocycles. The summed E-state index contributed by atoms with van der Waals surface area (Å²) >= 11 is 0. The maximum Gasteiger partial charge on any atom is 0.231 e. The minimum absolute atomic E-state index is 0.259. The van der Waals surface area contributed by atoms with Gasteiger partial charge in [0, 0.05) is 40.5 Å². The predicted molar refractivity (Wildman–Crippen MR) is 112 cm³/mol. The number of guanidine groups is 1. The van der Waals surface area contributed by atoms with Crippen LogP contribution in [-0.2, 0) is 10.8 Å². The second kappa shape index (κ2) is 10.5. The van der Waals surface area contributed by atoms with E-state index in [-0.39, 0.29) is 6.79 Å². The van der Waals surface area contributed by atoms with Crippen LogP contribution < -0.4 is 24.8 Å². The lowest BCUT2D eigenvalue weighted by Crippen LogP contribution is -2.46. The molecule has 1 heterocycles. The third-order valence-corrected chi connectivity index (χ3v) is 6.68. The van der Waals surface area contributed by atoms with E-state index >= 15 is 0 Å². The third kappa shape index (κ3) is 5.77. The molecule has 1 aliphatic heterocycles. The van der Waals surface area contributed by atoms with E-state index in [1.165, 1.54) is 0 Å². The molecule has 3 unspecified atom stereocenters. The number of nitrogens with zero attached hydrogens (tertiary/aromatic N) is 1. The highest BCUT2D eigenvalue weighted by molar-refractivity contribution is 7.85. The van der Waals surface area contributed by atoms with Crippen molar-refractivity contribution in [3.63, 3.8) is 0 Å². The summed E-state index contributed by atoms with van der Waals surface area (Å²) < 4.78 is 28.6. The van der Waals surface area contributed by atoms with Crippen molar-refractivity contribution in [1.82, 2.24) is 10.6 Å². The van der Waals surface area contributed by atoms with Crippen LogP contribution in [0.4, 0.5) is 0 Å². The van der Waals surface area contributed by atoms with Crippen molar-refractivity contribution in [3.8, 4) is 17.2 Å². The maximum absolute atomic E-state index is 12.1. The van der Waals surface area contributed by atoms with Crippen molar-refractivity contribution in [1.29, 1.82) is 0 Å². The molecular weight excluding hydrogens is 378 g/mol. The molecule has 0 radical (unpaired) electrons. The summed E-state index contributed by atoms with van der Waals surface area (Å²) in [5.41, 5.74) is 0. The first kappa shape index (κ1) is 20.8. The smallest absolute Gasteiger partial charge is 0.231 e. The van der Waals surface area contributed by atoms with E-state index in [1.54, 1.807) is 0 Å². The van der Waals surface area contributed by atoms with Crippen LogP contribution in [0.25, 0.3) is 0 Å². The van der Waals surface area contributed by atoms with Crippen LogP contribution in [0.5, 0.6) is 17.2 Å². The lowest BCUT2D eigenvalue weighted by molar-refractivity contribution is 0.173. The van der Waals surface area contributed by atoms with Crippen LogP contribution in [0.2, 0.25) is 0 Å². The molecular formula is C20H31N3O4S. The normalized spacial score (nSPS) is 22.6. The standard InChI is InChI=1S/C20H31N3O4S/c1-3-21-20(23-15-6-5-7-17(12-15)28(24)4-2)22-10-11-25-16-8-9-18-19(13-16)27-14-26-18/h8-9,13,15,17H,3-7,10-12,14H2,1-2H3,(H2,21,22,23). The molecule has 2 aliphatic rings. The summed E-state index contributed by atoms with van der Waals surface area (Å²) in [6.07, 6.45) is 4.21. The van der Waals surface area contributed by atoms with Crippen molar-refractivity contribution in [2.45, 2.75) is 50.8 Å². The summed E-state index contributed by atoms with van der Waals surface area (Å²) in [5, 5.41) is 7.10. The van der Waals surface area contributed by atoms with Gasteiger partial charge < -0.3 is 24.8 Å². The molecule has 8 heteroatoms. The van der Waals surface area contributed by atoms with Gasteiger partial charge in [-0.2, -0.15) is 0 Å². The minimum atomic E-state index is -0.720. The molecule has 28 heavy (non-hydrogen) atoms. The Morgan fingerprint density at radius 3 is 2.96 bits per heavy atom. The fourth-order valence-corrected chi connectivity index (χ4v) is 4.90. The monoisotopic (exact) mass is 409 g/mol. The summed E-state index contributed by atoms with van der Waals surface area (Å²) in [4.78, 5) is 4.62. The molecule has 156 valence electrons. The average molecular weight is 410 g/mol. The van der Waals surface area contributed by atoms with Gasteiger partial charge in [-0.1, -0.05) is 13.3 Å². The van der Waals surface area contributed by atoms with Gasteiger partial charge in [-0.25, -0.2) is 4.99 Å². The highest BCUT2D eigenvalue weighted by Gasteiger charge is 2.26. The van der Waals surface area contributed by atoms with Crippen molar-refractivity contribution in [2.24, 2.45) is 4.99 Å². The summed E-state index contributed by atoms with van der Waals surface area (Å²) in [5.74, 6) is 3.74. The topological polar surface area (TPSA) is 81.2 Å². The molecule has 1 saturated carbocycles. The Bertz CT molecular complexity index is 698. The Balaban J connectivity index is 1.47. The van der Waals surface area contributed by atoms with Crippen LogP contribution >= 0.6 is 0 Å². The van der Waals surface area contributed by atoms with Gasteiger partial charge in [0.1, 0.15) is 12.4 Å². The van der Waals surface area contributed by atoms with Gasteiger partial charge in [-0.15, -0.1) is 0 Å². The molecule has 7 nitrogen and oxygen atoms in total. The summed E-state index contributed by atoms with van der Waals surface area (Å²) in [7, 11) is -0.720. The van der Waals surface area contributed by atoms with E-state index in [4.69, 9.17) is 14.2 Å². The number of hydrogen-bond donors (Lipinski definition) is 2. The van der Waals surface area contributed by atoms with Crippen LogP contribution in [-0.4, -0.2) is 53.7 Å². The van der Waals surface area contributed by atoms with E-state index in [0.717, 1.165) is 55.4 Å². The minimum Gasteiger partial charge on any atom is -0.492 e. The number of hydrogen-bond acceptors (Lipinski definition) is 5. The fourth-order valence-electron chi connectivity index (χ4n) is 3.55. The Labute approximate surface area is 169 Å². The molecule has 1 aromatic carbocycles. The SMILES string of the molecule is CCNC(=NCCOc1ccc2c(c1)OCO2)NC1CCCC(S(=O)CC)C1. The molecule has 2 N–H and O–H groups in total. The van der Waals surface area contributed by atoms with E-state index in [1.807, 2.05) is 25.1 Å². The average Bonchev–Trinajstić information content (AvgIpc) is 3.18. The number of fused-ring (bicyclic) bond motifs is 1. The lowest BCUT2D eigenvalue weighted by Gasteiger charge is -2.30. The van der Waals surface area contributed by atoms with Gasteiger partial charge in [-0.05, 0) is 38.3 Å². The molecule has 3 rings (SSSR count). The number of nitrogens with one attached hydrogen (secondary N) is 2. The molecule has 0 saturated heterocycles. The van der Waals surface area contributed by atoms with E-state index in [2.05, 4.69) is 22.5 Å². The highest BCUT2D eigenvalue weighted by atomic mass is 32.2. The largest absolute Gasteiger partial charge is 0.492 e. The first-order valence-electron chi connectivity index (χ1n) is 10.1. The number of benzene rings is 1. The Hall–Kier alpha value is -1.96. The molecule has 3 atom stereocenters. The van der Waals surface area contributed by atoms with Crippen molar-refractivity contribution < 1.29 is 18.4 Å². The molecule has 1 fully saturated rings. The zero-order chi connectivity index (χ0) is 19.8. The highest BCUT2D eigenvalue weighted by Crippen LogP contribution is 2.35. The maximum atomic E-state index is 12.1. The molecule has 0 bridgehead atoms. The second-order valence-corrected chi connectivity index (χ2v) is 8.93. The summed E-state index contributed by atoms with van der Waals surface area (Å²) in [6, 6.07) is 5.89. The molecule has 0 aromatic heterocycles. The van der Waals surface area contributed by atoms with Gasteiger partial charge in [0.15, 0.2) is 17.5 Å². The first-order chi connectivity index (χ1) is 13.7. The van der Waals surface area contributed by atoms with E-state index < -0.39 is 10.8 Å². The Morgan fingerprint density at radius 2 is 2.14 bits per heavy atom. The van der Waals surface area contributed by atoms with Gasteiger partial charge in [0.2, 0.25) is 6.79 Å². The fraction of sp³-hybridized carbons (Fsp3) is 0.650. The molecule has 0 spiro atoms. The number of ether oxygens (including phenoxy) is 3. The zero-order valence-corrected chi connectivity index (χ0v) is 17.6. The van der Waals surface area contributed by atoms with Crippen LogP contribution in [0, 0.1) is 0 Å². The van der Waals surface area contributed by atoms with E-state index in [9.17, 15) is 4.21 Å². The van der Waals surface area contributed by atoms with Gasteiger partial charge in [-0.3, -0.25) is 4.21 Å². The third-order valence-electron chi connectivity index (χ3n) is 4.94. The van der Waals surface area contributed by atoms with E-state index in [0.29, 0.717) is 30.2 Å². The quantitative estimate of drug-likeness (QED) is 0.390. The van der Waals surface area contributed by atoms with Crippen LogP contribution in [0.15, 0.2) is 23.2 Å². The Kier molecular flexibility index (Phi) is 7.82. The number of aliphatic imine (C=N–C) groups is 1. The van der Waals surface area contributed by atoms with Gasteiger partial charge >= 0.3 is 0 Å². The van der Waals surface area contributed by atoms with Crippen LogP contribution in [0.3, 0.4) is 0 Å².